The van der Waals surface area contributed by atoms with E-state index in [9.17, 15) is 0 Å². The van der Waals surface area contributed by atoms with Gasteiger partial charge in [-0.3, -0.25) is 9.80 Å². The van der Waals surface area contributed by atoms with Gasteiger partial charge in [-0.05, 0) is 25.2 Å². The van der Waals surface area contributed by atoms with Crippen molar-refractivity contribution in [2.45, 2.75) is 13.1 Å². The molecule has 0 aliphatic carbocycles. The first-order valence-electron chi connectivity index (χ1n) is 6.32. The predicted molar refractivity (Wildman–Crippen MR) is 73.3 cm³/mol. The molecule has 4 nitrogen and oxygen atoms in total. The van der Waals surface area contributed by atoms with E-state index in [4.69, 9.17) is 10.2 Å². The molecule has 0 aliphatic heterocycles. The summed E-state index contributed by atoms with van der Waals surface area (Å²) in [6.07, 6.45) is 0. The molecule has 2 N–H and O–H groups in total. The summed E-state index contributed by atoms with van der Waals surface area (Å²) in [5.74, 6) is 0. The number of benzene rings is 1. The molecule has 1 aromatic carbocycles. The second kappa shape index (κ2) is 8.21. The Kier molecular flexibility index (Phi) is 6.90. The molecule has 0 fully saturated rings. The van der Waals surface area contributed by atoms with Gasteiger partial charge in [0.15, 0.2) is 0 Å². The Labute approximate surface area is 109 Å². The zero-order valence-electron chi connectivity index (χ0n) is 11.3. The minimum Gasteiger partial charge on any atom is -0.395 e. The van der Waals surface area contributed by atoms with Crippen LogP contribution in [0.15, 0.2) is 24.3 Å². The Morgan fingerprint density at radius 2 is 1.11 bits per heavy atom. The van der Waals surface area contributed by atoms with E-state index >= 15 is 0 Å². The van der Waals surface area contributed by atoms with Crippen LogP contribution in [0.4, 0.5) is 0 Å². The van der Waals surface area contributed by atoms with Crippen molar-refractivity contribution in [3.63, 3.8) is 0 Å². The Bertz CT molecular complexity index is 294. The first-order chi connectivity index (χ1) is 8.65. The third-order valence-corrected chi connectivity index (χ3v) is 2.89. The Hall–Kier alpha value is -0.940. The van der Waals surface area contributed by atoms with Crippen LogP contribution in [0.2, 0.25) is 0 Å². The van der Waals surface area contributed by atoms with Crippen LogP contribution >= 0.6 is 0 Å². The lowest BCUT2D eigenvalue weighted by atomic mass is 10.1. The van der Waals surface area contributed by atoms with E-state index in [2.05, 4.69) is 34.1 Å². The van der Waals surface area contributed by atoms with E-state index in [1.54, 1.807) is 0 Å². The van der Waals surface area contributed by atoms with Crippen LogP contribution in [-0.4, -0.2) is 60.4 Å². The van der Waals surface area contributed by atoms with E-state index in [1.807, 2.05) is 14.1 Å². The maximum Gasteiger partial charge on any atom is 0.0558 e. The molecule has 0 atom stereocenters. The average molecular weight is 252 g/mol. The van der Waals surface area contributed by atoms with Gasteiger partial charge in [-0.2, -0.15) is 0 Å². The summed E-state index contributed by atoms with van der Waals surface area (Å²) in [6.45, 7) is 3.49. The molecule has 0 saturated carbocycles. The monoisotopic (exact) mass is 252 g/mol. The van der Waals surface area contributed by atoms with Gasteiger partial charge in [0.25, 0.3) is 0 Å². The highest BCUT2D eigenvalue weighted by molar-refractivity contribution is 5.22. The minimum absolute atomic E-state index is 0.195. The van der Waals surface area contributed by atoms with Gasteiger partial charge >= 0.3 is 0 Å². The second-order valence-electron chi connectivity index (χ2n) is 4.74. The molecule has 0 aromatic heterocycles. The number of aliphatic hydroxyl groups is 2. The standard InChI is InChI=1S/C14H24N2O2/c1-15(7-9-17)11-13-3-5-14(6-4-13)12-16(2)8-10-18/h3-6,17-18H,7-12H2,1-2H3. The summed E-state index contributed by atoms with van der Waals surface area (Å²) in [5, 5.41) is 17.7. The normalized spacial score (nSPS) is 11.4. The summed E-state index contributed by atoms with van der Waals surface area (Å²) in [5.41, 5.74) is 2.50. The van der Waals surface area contributed by atoms with Crippen molar-refractivity contribution in [1.82, 2.24) is 9.80 Å². The largest absolute Gasteiger partial charge is 0.395 e. The van der Waals surface area contributed by atoms with Gasteiger partial charge in [0, 0.05) is 26.2 Å². The molecule has 0 radical (unpaired) electrons. The van der Waals surface area contributed by atoms with Gasteiger partial charge in [0.1, 0.15) is 0 Å². The molecule has 0 unspecified atom stereocenters. The first-order valence-corrected chi connectivity index (χ1v) is 6.32. The third-order valence-electron chi connectivity index (χ3n) is 2.89. The molecule has 0 heterocycles. The molecule has 102 valence electrons. The van der Waals surface area contributed by atoms with Crippen LogP contribution in [0.3, 0.4) is 0 Å². The summed E-state index contributed by atoms with van der Waals surface area (Å²) in [4.78, 5) is 4.18. The Morgan fingerprint density at radius 3 is 1.39 bits per heavy atom. The molecular formula is C14H24N2O2. The van der Waals surface area contributed by atoms with Crippen LogP contribution in [-0.2, 0) is 13.1 Å². The number of rotatable bonds is 8. The third kappa shape index (κ3) is 5.60. The van der Waals surface area contributed by atoms with Gasteiger partial charge < -0.3 is 10.2 Å². The van der Waals surface area contributed by atoms with Crippen molar-refractivity contribution in [2.75, 3.05) is 40.4 Å². The van der Waals surface area contributed by atoms with Crippen molar-refractivity contribution in [1.29, 1.82) is 0 Å². The fourth-order valence-electron chi connectivity index (χ4n) is 1.87. The fourth-order valence-corrected chi connectivity index (χ4v) is 1.87. The maximum absolute atomic E-state index is 8.84. The van der Waals surface area contributed by atoms with Crippen molar-refractivity contribution >= 4 is 0 Å². The van der Waals surface area contributed by atoms with Crippen LogP contribution in [0.25, 0.3) is 0 Å². The topological polar surface area (TPSA) is 46.9 Å². The van der Waals surface area contributed by atoms with Gasteiger partial charge in [-0.1, -0.05) is 24.3 Å². The SMILES string of the molecule is CN(CCO)Cc1ccc(CN(C)CCO)cc1. The van der Waals surface area contributed by atoms with Gasteiger partial charge in [0.2, 0.25) is 0 Å². The number of likely N-dealkylation sites (N-methyl/N-ethyl adjacent to an activating group) is 2. The lowest BCUT2D eigenvalue weighted by Gasteiger charge is -2.17. The van der Waals surface area contributed by atoms with Crippen LogP contribution in [0, 0.1) is 0 Å². The van der Waals surface area contributed by atoms with Gasteiger partial charge in [-0.15, -0.1) is 0 Å². The number of aliphatic hydroxyl groups excluding tert-OH is 2. The van der Waals surface area contributed by atoms with E-state index in [1.165, 1.54) is 11.1 Å². The van der Waals surface area contributed by atoms with E-state index in [-0.39, 0.29) is 13.2 Å². The van der Waals surface area contributed by atoms with Crippen molar-refractivity contribution in [2.24, 2.45) is 0 Å². The zero-order valence-corrected chi connectivity index (χ0v) is 11.3. The highest BCUT2D eigenvalue weighted by Crippen LogP contribution is 2.08. The Balaban J connectivity index is 2.46. The van der Waals surface area contributed by atoms with Crippen LogP contribution in [0.5, 0.6) is 0 Å². The molecule has 0 saturated heterocycles. The lowest BCUT2D eigenvalue weighted by molar-refractivity contribution is 0.216. The minimum atomic E-state index is 0.195. The molecule has 18 heavy (non-hydrogen) atoms. The molecular weight excluding hydrogens is 228 g/mol. The zero-order chi connectivity index (χ0) is 13.4. The molecule has 4 heteroatoms. The van der Waals surface area contributed by atoms with Gasteiger partial charge in [-0.25, -0.2) is 0 Å². The maximum atomic E-state index is 8.84. The smallest absolute Gasteiger partial charge is 0.0558 e. The van der Waals surface area contributed by atoms with Crippen LogP contribution in [0.1, 0.15) is 11.1 Å². The lowest BCUT2D eigenvalue weighted by Crippen LogP contribution is -2.22. The molecule has 0 bridgehead atoms. The van der Waals surface area contributed by atoms with E-state index in [0.717, 1.165) is 13.1 Å². The summed E-state index contributed by atoms with van der Waals surface area (Å²) in [6, 6.07) is 8.48. The first kappa shape index (κ1) is 15.1. The van der Waals surface area contributed by atoms with Crippen molar-refractivity contribution in [3.8, 4) is 0 Å². The molecule has 0 amide bonds. The Morgan fingerprint density at radius 1 is 0.778 bits per heavy atom. The van der Waals surface area contributed by atoms with Gasteiger partial charge in [0.05, 0.1) is 13.2 Å². The quantitative estimate of drug-likeness (QED) is 0.709. The molecule has 1 rings (SSSR count). The second-order valence-corrected chi connectivity index (χ2v) is 4.74. The highest BCUT2D eigenvalue weighted by atomic mass is 16.3. The fraction of sp³-hybridized carbons (Fsp3) is 0.571. The number of nitrogens with zero attached hydrogens (tertiary/aromatic N) is 2. The summed E-state index contributed by atoms with van der Waals surface area (Å²) in [7, 11) is 4.00. The van der Waals surface area contributed by atoms with E-state index < -0.39 is 0 Å². The summed E-state index contributed by atoms with van der Waals surface area (Å²) < 4.78 is 0. The number of hydrogen-bond acceptors (Lipinski definition) is 4. The van der Waals surface area contributed by atoms with Crippen molar-refractivity contribution < 1.29 is 10.2 Å². The van der Waals surface area contributed by atoms with Crippen molar-refractivity contribution in [3.05, 3.63) is 35.4 Å². The number of hydrogen-bond donors (Lipinski definition) is 2. The molecule has 0 spiro atoms. The summed E-state index contributed by atoms with van der Waals surface area (Å²) >= 11 is 0. The predicted octanol–water partition coefficient (Wildman–Crippen LogP) is 0.535. The molecule has 0 aliphatic rings. The molecule has 1 aromatic rings. The van der Waals surface area contributed by atoms with Crippen LogP contribution < -0.4 is 0 Å². The van der Waals surface area contributed by atoms with E-state index in [0.29, 0.717) is 13.1 Å². The average Bonchev–Trinajstić information content (AvgIpc) is 2.32. The highest BCUT2D eigenvalue weighted by Gasteiger charge is 2.02.